The fraction of sp³-hybridized carbons (Fsp3) is 0.783. The minimum atomic E-state index is 0.230. The van der Waals surface area contributed by atoms with E-state index in [9.17, 15) is 4.79 Å². The Hall–Kier alpha value is -1.65. The predicted octanol–water partition coefficient (Wildman–Crippen LogP) is 4.23. The van der Waals surface area contributed by atoms with Crippen molar-refractivity contribution in [2.75, 3.05) is 13.1 Å². The van der Waals surface area contributed by atoms with E-state index in [0.717, 1.165) is 30.8 Å². The summed E-state index contributed by atoms with van der Waals surface area (Å²) in [7, 11) is 0. The topological polar surface area (TPSA) is 51.0 Å². The molecule has 0 N–H and O–H groups in total. The highest BCUT2D eigenvalue weighted by Crippen LogP contribution is 2.65. The van der Waals surface area contributed by atoms with Crippen molar-refractivity contribution >= 4 is 11.6 Å². The molecule has 5 rings (SSSR count). The molecule has 1 aliphatic heterocycles. The molecule has 3 aliphatic carbocycles. The maximum atomic E-state index is 12.1. The first-order valence-electron chi connectivity index (χ1n) is 11.3. The zero-order chi connectivity index (χ0) is 19.5. The number of carbonyl (C=O) groups excluding carboxylic acids is 1. The molecule has 5 heteroatoms. The van der Waals surface area contributed by atoms with Crippen molar-refractivity contribution in [2.45, 2.75) is 65.7 Å². The van der Waals surface area contributed by atoms with Gasteiger partial charge < -0.3 is 4.90 Å². The molecule has 0 aromatic carbocycles. The summed E-state index contributed by atoms with van der Waals surface area (Å²) >= 11 is 0. The van der Waals surface area contributed by atoms with Crippen molar-refractivity contribution in [1.82, 2.24) is 19.9 Å². The molecule has 2 heterocycles. The fourth-order valence-corrected chi connectivity index (χ4v) is 7.76. The first kappa shape index (κ1) is 18.4. The van der Waals surface area contributed by atoms with E-state index in [-0.39, 0.29) is 11.3 Å². The number of fused-ring (bicyclic) bond motifs is 5. The number of nitrogens with zero attached hydrogens (tertiary/aromatic N) is 4. The van der Waals surface area contributed by atoms with Crippen LogP contribution in [0.4, 0.5) is 0 Å². The summed E-state index contributed by atoms with van der Waals surface area (Å²) in [5.74, 6) is 3.28. The van der Waals surface area contributed by atoms with Gasteiger partial charge in [0.25, 0.3) is 0 Å². The average Bonchev–Trinajstić information content (AvgIpc) is 3.25. The molecule has 4 aliphatic rings. The molecular weight excluding hydrogens is 348 g/mol. The van der Waals surface area contributed by atoms with Crippen LogP contribution in [0, 0.1) is 34.5 Å². The highest BCUT2D eigenvalue weighted by molar-refractivity contribution is 5.73. The van der Waals surface area contributed by atoms with Crippen LogP contribution in [0.15, 0.2) is 18.5 Å². The molecule has 1 saturated heterocycles. The number of hydrogen-bond acceptors (Lipinski definition) is 3. The lowest BCUT2D eigenvalue weighted by Gasteiger charge is -2.58. The fourth-order valence-electron chi connectivity index (χ4n) is 7.76. The molecule has 1 aromatic heterocycles. The van der Waals surface area contributed by atoms with Gasteiger partial charge in [-0.2, -0.15) is 0 Å². The molecule has 6 atom stereocenters. The molecule has 0 radical (unpaired) electrons. The Morgan fingerprint density at radius 2 is 2.04 bits per heavy atom. The highest BCUT2D eigenvalue weighted by Gasteiger charge is 2.58. The molecule has 3 fully saturated rings. The van der Waals surface area contributed by atoms with Gasteiger partial charge in [-0.15, -0.1) is 5.10 Å². The van der Waals surface area contributed by atoms with Crippen LogP contribution in [0.25, 0.3) is 5.70 Å². The number of amides is 1. The van der Waals surface area contributed by atoms with Crippen LogP contribution in [0.1, 0.15) is 65.7 Å². The number of rotatable bonds is 1. The molecule has 1 amide bonds. The van der Waals surface area contributed by atoms with E-state index >= 15 is 0 Å². The SMILES string of the molecule is CC(=O)N1CCCC2(C)C(CCC3C4CC=C(n5ccnn5)C4(C)CCC32)C1. The summed E-state index contributed by atoms with van der Waals surface area (Å²) in [6.45, 7) is 8.74. The van der Waals surface area contributed by atoms with Crippen LogP contribution < -0.4 is 0 Å². The number of carbonyl (C=O) groups is 1. The Morgan fingerprint density at radius 3 is 2.79 bits per heavy atom. The quantitative estimate of drug-likeness (QED) is 0.730. The third-order valence-corrected chi connectivity index (χ3v) is 9.30. The van der Waals surface area contributed by atoms with Crippen molar-refractivity contribution < 1.29 is 4.79 Å². The van der Waals surface area contributed by atoms with Crippen molar-refractivity contribution in [3.8, 4) is 0 Å². The van der Waals surface area contributed by atoms with Gasteiger partial charge in [-0.3, -0.25) is 4.79 Å². The largest absolute Gasteiger partial charge is 0.343 e. The third kappa shape index (κ3) is 2.54. The van der Waals surface area contributed by atoms with E-state index in [0.29, 0.717) is 11.3 Å². The maximum absolute atomic E-state index is 12.1. The van der Waals surface area contributed by atoms with E-state index in [1.54, 1.807) is 13.1 Å². The zero-order valence-corrected chi connectivity index (χ0v) is 17.6. The Bertz CT molecular complexity index is 787. The summed E-state index contributed by atoms with van der Waals surface area (Å²) in [5.41, 5.74) is 2.00. The van der Waals surface area contributed by atoms with E-state index in [1.165, 1.54) is 50.6 Å². The summed E-state index contributed by atoms with van der Waals surface area (Å²) in [4.78, 5) is 14.2. The molecule has 0 spiro atoms. The van der Waals surface area contributed by atoms with Crippen LogP contribution >= 0.6 is 0 Å². The lowest BCUT2D eigenvalue weighted by molar-refractivity contribution is -0.131. The summed E-state index contributed by atoms with van der Waals surface area (Å²) in [6.07, 6.45) is 15.1. The zero-order valence-electron chi connectivity index (χ0n) is 17.6. The Balaban J connectivity index is 1.42. The van der Waals surface area contributed by atoms with Gasteiger partial charge in [0.15, 0.2) is 0 Å². The molecule has 0 bridgehead atoms. The van der Waals surface area contributed by atoms with E-state index in [4.69, 9.17) is 0 Å². The van der Waals surface area contributed by atoms with E-state index < -0.39 is 0 Å². The van der Waals surface area contributed by atoms with Gasteiger partial charge in [0, 0.05) is 31.1 Å². The van der Waals surface area contributed by atoms with E-state index in [1.807, 2.05) is 10.9 Å². The van der Waals surface area contributed by atoms with Crippen LogP contribution in [0.5, 0.6) is 0 Å². The second-order valence-electron chi connectivity index (χ2n) is 10.4. The average molecular weight is 383 g/mol. The van der Waals surface area contributed by atoms with E-state index in [2.05, 4.69) is 35.1 Å². The van der Waals surface area contributed by atoms with Gasteiger partial charge in [0.2, 0.25) is 5.91 Å². The van der Waals surface area contributed by atoms with Gasteiger partial charge >= 0.3 is 0 Å². The Labute approximate surface area is 168 Å². The maximum Gasteiger partial charge on any atom is 0.219 e. The first-order chi connectivity index (χ1) is 13.4. The lowest BCUT2D eigenvalue weighted by atomic mass is 9.47. The Kier molecular flexibility index (Phi) is 4.22. The molecule has 2 saturated carbocycles. The smallest absolute Gasteiger partial charge is 0.219 e. The lowest BCUT2D eigenvalue weighted by Crippen LogP contribution is -2.52. The summed E-state index contributed by atoms with van der Waals surface area (Å²) in [5, 5.41) is 8.37. The van der Waals surface area contributed by atoms with Gasteiger partial charge in [0.1, 0.15) is 0 Å². The molecule has 152 valence electrons. The summed E-state index contributed by atoms with van der Waals surface area (Å²) < 4.78 is 2.02. The molecule has 6 unspecified atom stereocenters. The second-order valence-corrected chi connectivity index (χ2v) is 10.4. The van der Waals surface area contributed by atoms with Crippen molar-refractivity contribution in [3.63, 3.8) is 0 Å². The summed E-state index contributed by atoms with van der Waals surface area (Å²) in [6, 6.07) is 0. The van der Waals surface area contributed by atoms with Crippen LogP contribution in [-0.2, 0) is 4.79 Å². The van der Waals surface area contributed by atoms with Crippen LogP contribution in [0.2, 0.25) is 0 Å². The van der Waals surface area contributed by atoms with Crippen molar-refractivity contribution in [1.29, 1.82) is 0 Å². The predicted molar refractivity (Wildman–Crippen MR) is 109 cm³/mol. The number of hydrogen-bond donors (Lipinski definition) is 0. The van der Waals surface area contributed by atoms with Gasteiger partial charge in [-0.1, -0.05) is 25.1 Å². The molecule has 1 aromatic rings. The molecule has 5 nitrogen and oxygen atoms in total. The van der Waals surface area contributed by atoms with Crippen LogP contribution in [-0.4, -0.2) is 38.9 Å². The highest BCUT2D eigenvalue weighted by atomic mass is 16.2. The third-order valence-electron chi connectivity index (χ3n) is 9.30. The number of likely N-dealkylation sites (tertiary alicyclic amines) is 1. The van der Waals surface area contributed by atoms with Crippen LogP contribution in [0.3, 0.4) is 0 Å². The number of aromatic nitrogens is 3. The minimum absolute atomic E-state index is 0.230. The standard InChI is InChI=1S/C23H34N4O/c1-16(28)26-13-4-10-22(2)17(15-26)5-6-18-19-7-8-21(27-14-12-24-25-27)23(19,3)11-9-20(18)22/h8,12,14,17-20H,4-7,9-11,13,15H2,1-3H3. The second kappa shape index (κ2) is 6.43. The van der Waals surface area contributed by atoms with Gasteiger partial charge in [-0.05, 0) is 74.0 Å². The van der Waals surface area contributed by atoms with Gasteiger partial charge in [0.05, 0.1) is 12.4 Å². The minimum Gasteiger partial charge on any atom is -0.343 e. The normalized spacial score (nSPS) is 42.8. The monoisotopic (exact) mass is 382 g/mol. The first-order valence-corrected chi connectivity index (χ1v) is 11.3. The number of allylic oxidation sites excluding steroid dienone is 2. The van der Waals surface area contributed by atoms with Crippen molar-refractivity contribution in [3.05, 3.63) is 18.5 Å². The molecular formula is C23H34N4O. The van der Waals surface area contributed by atoms with Gasteiger partial charge in [-0.25, -0.2) is 4.68 Å². The van der Waals surface area contributed by atoms with Crippen molar-refractivity contribution in [2.24, 2.45) is 34.5 Å². The molecule has 28 heavy (non-hydrogen) atoms. The Morgan fingerprint density at radius 1 is 1.18 bits per heavy atom.